The molecule has 0 unspecified atom stereocenters. The maximum Gasteiger partial charge on any atom is 0.123 e. The number of nitrogens with zero attached hydrogens (tertiary/aromatic N) is 1. The van der Waals surface area contributed by atoms with Gasteiger partial charge in [0, 0.05) is 12.6 Å². The van der Waals surface area contributed by atoms with Crippen LogP contribution in [0.25, 0.3) is 0 Å². The summed E-state index contributed by atoms with van der Waals surface area (Å²) < 4.78 is 13.1. The molecule has 1 heterocycles. The van der Waals surface area contributed by atoms with Gasteiger partial charge in [0.05, 0.1) is 0 Å². The smallest absolute Gasteiger partial charge is 0.123 e. The molecule has 0 amide bonds. The Morgan fingerprint density at radius 2 is 2.07 bits per heavy atom. The van der Waals surface area contributed by atoms with E-state index in [0.717, 1.165) is 18.7 Å². The number of hydrogen-bond acceptors (Lipinski definition) is 2. The zero-order valence-electron chi connectivity index (χ0n) is 8.82. The molecule has 1 aromatic carbocycles. The Kier molecular flexibility index (Phi) is 3.34. The first-order valence-electron chi connectivity index (χ1n) is 5.51. The molecule has 0 spiro atoms. The molecule has 1 saturated heterocycles. The molecule has 0 aromatic heterocycles. The molecule has 2 rings (SSSR count). The molecular formula is C12H17FN2. The van der Waals surface area contributed by atoms with Crippen LogP contribution in [0.4, 0.5) is 4.39 Å². The van der Waals surface area contributed by atoms with Crippen molar-refractivity contribution in [3.63, 3.8) is 0 Å². The topological polar surface area (TPSA) is 29.3 Å². The monoisotopic (exact) mass is 208 g/mol. The summed E-state index contributed by atoms with van der Waals surface area (Å²) in [5.74, 6) is -0.176. The first-order valence-corrected chi connectivity index (χ1v) is 5.51. The van der Waals surface area contributed by atoms with Gasteiger partial charge in [-0.3, -0.25) is 4.90 Å². The average Bonchev–Trinajstić information content (AvgIpc) is 2.72. The van der Waals surface area contributed by atoms with Crippen molar-refractivity contribution in [3.05, 3.63) is 35.6 Å². The molecular weight excluding hydrogens is 191 g/mol. The molecule has 2 N–H and O–H groups in total. The fraction of sp³-hybridized carbons (Fsp3) is 0.500. The minimum Gasteiger partial charge on any atom is -0.329 e. The highest BCUT2D eigenvalue weighted by molar-refractivity contribution is 5.20. The van der Waals surface area contributed by atoms with Crippen LogP contribution in [-0.4, -0.2) is 24.5 Å². The SMILES string of the molecule is NC[C@@H](c1cccc(F)c1)N1CCCC1. The van der Waals surface area contributed by atoms with Gasteiger partial charge < -0.3 is 5.73 Å². The molecule has 0 radical (unpaired) electrons. The molecule has 1 aliphatic heterocycles. The molecule has 82 valence electrons. The molecule has 2 nitrogen and oxygen atoms in total. The van der Waals surface area contributed by atoms with Crippen molar-refractivity contribution in [1.29, 1.82) is 0 Å². The summed E-state index contributed by atoms with van der Waals surface area (Å²) in [6, 6.07) is 6.96. The summed E-state index contributed by atoms with van der Waals surface area (Å²) in [5, 5.41) is 0. The Hall–Kier alpha value is -0.930. The minimum atomic E-state index is -0.176. The lowest BCUT2D eigenvalue weighted by atomic mass is 10.1. The second-order valence-corrected chi connectivity index (χ2v) is 4.05. The second kappa shape index (κ2) is 4.73. The second-order valence-electron chi connectivity index (χ2n) is 4.05. The lowest BCUT2D eigenvalue weighted by Crippen LogP contribution is -2.31. The van der Waals surface area contributed by atoms with E-state index < -0.39 is 0 Å². The van der Waals surface area contributed by atoms with Crippen molar-refractivity contribution in [1.82, 2.24) is 4.90 Å². The Morgan fingerprint density at radius 3 is 2.67 bits per heavy atom. The number of likely N-dealkylation sites (tertiary alicyclic amines) is 1. The third-order valence-corrected chi connectivity index (χ3v) is 3.04. The van der Waals surface area contributed by atoms with Crippen LogP contribution in [0, 0.1) is 5.82 Å². The summed E-state index contributed by atoms with van der Waals surface area (Å²) in [4.78, 5) is 2.34. The summed E-state index contributed by atoms with van der Waals surface area (Å²) in [6.07, 6.45) is 2.46. The van der Waals surface area contributed by atoms with E-state index in [1.54, 1.807) is 12.1 Å². The van der Waals surface area contributed by atoms with Crippen LogP contribution in [0.15, 0.2) is 24.3 Å². The molecule has 0 aliphatic carbocycles. The fourth-order valence-electron chi connectivity index (χ4n) is 2.26. The molecule has 1 aromatic rings. The lowest BCUT2D eigenvalue weighted by molar-refractivity contribution is 0.251. The van der Waals surface area contributed by atoms with Crippen molar-refractivity contribution in [2.45, 2.75) is 18.9 Å². The quantitative estimate of drug-likeness (QED) is 0.822. The fourth-order valence-corrected chi connectivity index (χ4v) is 2.26. The van der Waals surface area contributed by atoms with E-state index in [9.17, 15) is 4.39 Å². The van der Waals surface area contributed by atoms with E-state index in [-0.39, 0.29) is 11.9 Å². The predicted octanol–water partition coefficient (Wildman–Crippen LogP) is 1.92. The molecule has 3 heteroatoms. The van der Waals surface area contributed by atoms with Gasteiger partial charge in [-0.2, -0.15) is 0 Å². The van der Waals surface area contributed by atoms with Gasteiger partial charge in [0.15, 0.2) is 0 Å². The third-order valence-electron chi connectivity index (χ3n) is 3.04. The van der Waals surface area contributed by atoms with Crippen LogP contribution >= 0.6 is 0 Å². The first kappa shape index (κ1) is 10.6. The largest absolute Gasteiger partial charge is 0.329 e. The van der Waals surface area contributed by atoms with E-state index in [2.05, 4.69) is 4.90 Å². The van der Waals surface area contributed by atoms with Gasteiger partial charge in [-0.25, -0.2) is 4.39 Å². The molecule has 1 fully saturated rings. The zero-order chi connectivity index (χ0) is 10.7. The highest BCUT2D eigenvalue weighted by Gasteiger charge is 2.22. The maximum absolute atomic E-state index is 13.1. The highest BCUT2D eigenvalue weighted by Crippen LogP contribution is 2.24. The van der Waals surface area contributed by atoms with Gasteiger partial charge >= 0.3 is 0 Å². The van der Waals surface area contributed by atoms with Gasteiger partial charge in [-0.1, -0.05) is 12.1 Å². The van der Waals surface area contributed by atoms with Crippen LogP contribution in [0.5, 0.6) is 0 Å². The normalized spacial score (nSPS) is 19.3. The Balaban J connectivity index is 2.18. The summed E-state index contributed by atoms with van der Waals surface area (Å²) in [5.41, 5.74) is 6.77. The number of hydrogen-bond donors (Lipinski definition) is 1. The molecule has 0 bridgehead atoms. The Morgan fingerprint density at radius 1 is 1.33 bits per heavy atom. The standard InChI is InChI=1S/C12H17FN2/c13-11-5-3-4-10(8-11)12(9-14)15-6-1-2-7-15/h3-5,8,12H,1-2,6-7,9,14H2/t12-/m0/s1. The molecule has 15 heavy (non-hydrogen) atoms. The predicted molar refractivity (Wildman–Crippen MR) is 59.0 cm³/mol. The van der Waals surface area contributed by atoms with E-state index in [1.165, 1.54) is 18.9 Å². The number of benzene rings is 1. The average molecular weight is 208 g/mol. The van der Waals surface area contributed by atoms with Gasteiger partial charge in [0.2, 0.25) is 0 Å². The van der Waals surface area contributed by atoms with Crippen molar-refractivity contribution < 1.29 is 4.39 Å². The van der Waals surface area contributed by atoms with E-state index in [4.69, 9.17) is 5.73 Å². The number of nitrogens with two attached hydrogens (primary N) is 1. The molecule has 1 aliphatic rings. The summed E-state index contributed by atoms with van der Waals surface area (Å²) >= 11 is 0. The van der Waals surface area contributed by atoms with Crippen LogP contribution in [-0.2, 0) is 0 Å². The Labute approximate surface area is 89.9 Å². The summed E-state index contributed by atoms with van der Waals surface area (Å²) in [7, 11) is 0. The van der Waals surface area contributed by atoms with Crippen molar-refractivity contribution in [2.24, 2.45) is 5.73 Å². The van der Waals surface area contributed by atoms with Crippen molar-refractivity contribution in [3.8, 4) is 0 Å². The number of rotatable bonds is 3. The van der Waals surface area contributed by atoms with Gasteiger partial charge in [-0.05, 0) is 43.6 Å². The van der Waals surface area contributed by atoms with Gasteiger partial charge in [0.25, 0.3) is 0 Å². The zero-order valence-corrected chi connectivity index (χ0v) is 8.82. The van der Waals surface area contributed by atoms with Crippen LogP contribution < -0.4 is 5.73 Å². The van der Waals surface area contributed by atoms with Crippen LogP contribution in [0.3, 0.4) is 0 Å². The minimum absolute atomic E-state index is 0.176. The van der Waals surface area contributed by atoms with Crippen molar-refractivity contribution in [2.75, 3.05) is 19.6 Å². The highest BCUT2D eigenvalue weighted by atomic mass is 19.1. The van der Waals surface area contributed by atoms with Crippen LogP contribution in [0.2, 0.25) is 0 Å². The van der Waals surface area contributed by atoms with Crippen LogP contribution in [0.1, 0.15) is 24.4 Å². The van der Waals surface area contributed by atoms with E-state index in [1.807, 2.05) is 6.07 Å². The van der Waals surface area contributed by atoms with Gasteiger partial charge in [-0.15, -0.1) is 0 Å². The Bertz CT molecular complexity index is 321. The number of halogens is 1. The van der Waals surface area contributed by atoms with E-state index in [0.29, 0.717) is 6.54 Å². The molecule has 0 saturated carbocycles. The maximum atomic E-state index is 13.1. The summed E-state index contributed by atoms with van der Waals surface area (Å²) in [6.45, 7) is 2.72. The third kappa shape index (κ3) is 2.36. The van der Waals surface area contributed by atoms with E-state index >= 15 is 0 Å². The van der Waals surface area contributed by atoms with Crippen molar-refractivity contribution >= 4 is 0 Å². The first-order chi connectivity index (χ1) is 7.31. The lowest BCUT2D eigenvalue weighted by Gasteiger charge is -2.26. The molecule has 1 atom stereocenters. The van der Waals surface area contributed by atoms with Gasteiger partial charge in [0.1, 0.15) is 5.82 Å².